The van der Waals surface area contributed by atoms with Gasteiger partial charge in [0, 0.05) is 11.1 Å². The van der Waals surface area contributed by atoms with Crippen molar-refractivity contribution in [3.63, 3.8) is 0 Å². The van der Waals surface area contributed by atoms with Gasteiger partial charge in [0.05, 0.1) is 26.4 Å². The van der Waals surface area contributed by atoms with Gasteiger partial charge in [-0.25, -0.2) is 0 Å². The van der Waals surface area contributed by atoms with E-state index in [2.05, 4.69) is 12.1 Å². The lowest BCUT2D eigenvalue weighted by Gasteiger charge is -2.50. The summed E-state index contributed by atoms with van der Waals surface area (Å²) in [6.07, 6.45) is 3.85. The Morgan fingerprint density at radius 1 is 0.870 bits per heavy atom. The van der Waals surface area contributed by atoms with Crippen LogP contribution in [0.15, 0.2) is 12.1 Å². The third kappa shape index (κ3) is 0.782. The molecule has 0 amide bonds. The van der Waals surface area contributed by atoms with Crippen LogP contribution in [0.4, 0.5) is 0 Å². The molecule has 8 aliphatic rings. The zero-order valence-electron chi connectivity index (χ0n) is 13.4. The molecule has 3 nitrogen and oxygen atoms in total. The van der Waals surface area contributed by atoms with Crippen LogP contribution in [0, 0.1) is 34.5 Å². The molecule has 0 aromatic heterocycles. The van der Waals surface area contributed by atoms with Crippen LogP contribution < -0.4 is 9.47 Å². The fourth-order valence-corrected chi connectivity index (χ4v) is 9.33. The minimum absolute atomic E-state index is 0.575. The van der Waals surface area contributed by atoms with Crippen molar-refractivity contribution in [3.05, 3.63) is 23.3 Å². The van der Waals surface area contributed by atoms with Crippen LogP contribution in [-0.4, -0.2) is 26.4 Å². The summed E-state index contributed by atoms with van der Waals surface area (Å²) < 4.78 is 17.7. The molecule has 2 spiro atoms. The van der Waals surface area contributed by atoms with E-state index in [1.54, 1.807) is 0 Å². The standard InChI is InChI=1S/C20H20O3/c1-21-7-3-4-8(22-2)12-11(7)16-13-14-15(13)18-19(16)5-9-10(23-9)6-20(18,19)17(12)14/h3-4,9-10,13-18H,5-6H2,1-2H3/t9-,10-,13+,14+,15?,16-,17+,18?,19-,20+/m1/s1. The van der Waals surface area contributed by atoms with E-state index in [4.69, 9.17) is 14.2 Å². The number of fused-ring (bicyclic) bond motifs is 1. The van der Waals surface area contributed by atoms with Crippen LogP contribution in [0.25, 0.3) is 0 Å². The highest BCUT2D eigenvalue weighted by Gasteiger charge is 3.03. The second kappa shape index (κ2) is 2.81. The van der Waals surface area contributed by atoms with E-state index in [1.165, 1.54) is 24.0 Å². The summed E-state index contributed by atoms with van der Waals surface area (Å²) in [5.41, 5.74) is 4.23. The van der Waals surface area contributed by atoms with E-state index in [1.807, 2.05) is 14.2 Å². The Morgan fingerprint density at radius 2 is 1.39 bits per heavy atom. The number of rotatable bonds is 2. The summed E-state index contributed by atoms with van der Waals surface area (Å²) in [6, 6.07) is 4.29. The van der Waals surface area contributed by atoms with Gasteiger partial charge in [-0.2, -0.15) is 0 Å². The first kappa shape index (κ1) is 11.4. The van der Waals surface area contributed by atoms with Crippen LogP contribution in [0.1, 0.15) is 35.8 Å². The molecule has 2 unspecified atom stereocenters. The minimum atomic E-state index is 0.575. The zero-order valence-corrected chi connectivity index (χ0v) is 13.4. The summed E-state index contributed by atoms with van der Waals surface area (Å²) in [5, 5.41) is 0. The molecule has 2 bridgehead atoms. The summed E-state index contributed by atoms with van der Waals surface area (Å²) in [6.45, 7) is 0. The van der Waals surface area contributed by atoms with Gasteiger partial charge in [0.15, 0.2) is 0 Å². The zero-order chi connectivity index (χ0) is 14.9. The van der Waals surface area contributed by atoms with Crippen LogP contribution >= 0.6 is 0 Å². The molecule has 6 fully saturated rings. The number of ether oxygens (including phenoxy) is 3. The molecule has 10 atom stereocenters. The lowest BCUT2D eigenvalue weighted by atomic mass is 9.52. The Hall–Kier alpha value is -1.22. The van der Waals surface area contributed by atoms with Gasteiger partial charge >= 0.3 is 0 Å². The second-order valence-electron chi connectivity index (χ2n) is 9.16. The van der Waals surface area contributed by atoms with Gasteiger partial charge < -0.3 is 14.2 Å². The molecule has 1 aromatic rings. The molecular formula is C20H20O3. The number of hydrogen-bond donors (Lipinski definition) is 0. The van der Waals surface area contributed by atoms with Gasteiger partial charge in [-0.15, -0.1) is 0 Å². The second-order valence-corrected chi connectivity index (χ2v) is 9.16. The Kier molecular flexibility index (Phi) is 1.39. The van der Waals surface area contributed by atoms with Gasteiger partial charge in [-0.05, 0) is 71.3 Å². The average molecular weight is 308 g/mol. The number of hydrogen-bond acceptors (Lipinski definition) is 3. The highest BCUT2D eigenvalue weighted by Crippen LogP contribution is 3.07. The van der Waals surface area contributed by atoms with Crippen molar-refractivity contribution >= 4 is 0 Å². The molecule has 1 saturated heterocycles. The first-order valence-electron chi connectivity index (χ1n) is 9.20. The van der Waals surface area contributed by atoms with Crippen LogP contribution in [0.3, 0.4) is 0 Å². The van der Waals surface area contributed by atoms with Gasteiger partial charge in [0.1, 0.15) is 11.5 Å². The molecule has 7 aliphatic carbocycles. The maximum atomic E-state index is 6.01. The first-order valence-corrected chi connectivity index (χ1v) is 9.20. The molecule has 3 heteroatoms. The Morgan fingerprint density at radius 3 is 1.87 bits per heavy atom. The highest BCUT2D eigenvalue weighted by molar-refractivity contribution is 5.69. The fraction of sp³-hybridized carbons (Fsp3) is 0.700. The summed E-state index contributed by atoms with van der Waals surface area (Å²) in [7, 11) is 3.67. The lowest BCUT2D eigenvalue weighted by Crippen LogP contribution is -2.43. The van der Waals surface area contributed by atoms with Crippen molar-refractivity contribution in [2.45, 2.75) is 36.9 Å². The lowest BCUT2D eigenvalue weighted by molar-refractivity contribution is 0.101. The average Bonchev–Trinajstić information content (AvgIpc) is 3.48. The topological polar surface area (TPSA) is 31.0 Å². The van der Waals surface area contributed by atoms with Crippen molar-refractivity contribution in [2.24, 2.45) is 34.5 Å². The van der Waals surface area contributed by atoms with Crippen LogP contribution in [0.2, 0.25) is 0 Å². The predicted octanol–water partition coefficient (Wildman–Crippen LogP) is 2.94. The molecule has 1 aliphatic heterocycles. The first-order chi connectivity index (χ1) is 11.3. The number of benzene rings is 1. The maximum Gasteiger partial charge on any atom is 0.122 e. The Balaban J connectivity index is 1.48. The van der Waals surface area contributed by atoms with E-state index in [0.29, 0.717) is 23.0 Å². The van der Waals surface area contributed by atoms with Crippen molar-refractivity contribution in [3.8, 4) is 11.5 Å². The third-order valence-electron chi connectivity index (χ3n) is 9.38. The highest BCUT2D eigenvalue weighted by atomic mass is 16.6. The van der Waals surface area contributed by atoms with Crippen molar-refractivity contribution in [2.75, 3.05) is 14.2 Å². The quantitative estimate of drug-likeness (QED) is 0.787. The van der Waals surface area contributed by atoms with Crippen LogP contribution in [-0.2, 0) is 4.74 Å². The monoisotopic (exact) mass is 308 g/mol. The summed E-state index contributed by atoms with van der Waals surface area (Å²) in [5.74, 6) is 7.63. The minimum Gasteiger partial charge on any atom is -0.496 e. The van der Waals surface area contributed by atoms with E-state index in [0.717, 1.165) is 47.0 Å². The van der Waals surface area contributed by atoms with Gasteiger partial charge in [-0.3, -0.25) is 0 Å². The van der Waals surface area contributed by atoms with Crippen LogP contribution in [0.5, 0.6) is 11.5 Å². The van der Waals surface area contributed by atoms with Crippen molar-refractivity contribution in [1.82, 2.24) is 0 Å². The molecule has 1 aromatic carbocycles. The number of epoxide rings is 1. The van der Waals surface area contributed by atoms with Crippen molar-refractivity contribution in [1.29, 1.82) is 0 Å². The number of methoxy groups -OCH3 is 2. The van der Waals surface area contributed by atoms with Gasteiger partial charge in [0.25, 0.3) is 0 Å². The molecule has 23 heavy (non-hydrogen) atoms. The largest absolute Gasteiger partial charge is 0.496 e. The maximum absolute atomic E-state index is 6.01. The molecule has 5 saturated carbocycles. The Labute approximate surface area is 135 Å². The third-order valence-corrected chi connectivity index (χ3v) is 9.38. The molecular weight excluding hydrogens is 288 g/mol. The predicted molar refractivity (Wildman–Crippen MR) is 81.7 cm³/mol. The van der Waals surface area contributed by atoms with E-state index < -0.39 is 0 Å². The normalized spacial score (nSPS) is 62.2. The van der Waals surface area contributed by atoms with Crippen molar-refractivity contribution < 1.29 is 14.2 Å². The van der Waals surface area contributed by atoms with E-state index in [-0.39, 0.29) is 0 Å². The molecule has 118 valence electrons. The smallest absolute Gasteiger partial charge is 0.122 e. The Bertz CT molecular complexity index is 767. The summed E-state index contributed by atoms with van der Waals surface area (Å²) >= 11 is 0. The molecule has 1 heterocycles. The fourth-order valence-electron chi connectivity index (χ4n) is 9.33. The molecule has 9 rings (SSSR count). The molecule has 0 N–H and O–H groups in total. The van der Waals surface area contributed by atoms with E-state index >= 15 is 0 Å². The van der Waals surface area contributed by atoms with Gasteiger partial charge in [0.2, 0.25) is 0 Å². The summed E-state index contributed by atoms with van der Waals surface area (Å²) in [4.78, 5) is 0. The van der Waals surface area contributed by atoms with E-state index in [9.17, 15) is 0 Å². The SMILES string of the molecule is COc1ccc(OC)c2c1[C@@H]1[C@@H]3C4C5[C@@]16C[C@H]1O[C@@H]1C[C@]56[C@@H]2[C@H]43. The molecule has 0 radical (unpaired) electrons. The van der Waals surface area contributed by atoms with Gasteiger partial charge in [-0.1, -0.05) is 0 Å².